The van der Waals surface area contributed by atoms with Crippen LogP contribution in [0.2, 0.25) is 0 Å². The molecule has 0 spiro atoms. The number of benzene rings is 13. The van der Waals surface area contributed by atoms with Crippen LogP contribution in [0.1, 0.15) is 11.1 Å². The van der Waals surface area contributed by atoms with E-state index in [1.165, 1.54) is 27.6 Å². The summed E-state index contributed by atoms with van der Waals surface area (Å²) < 4.78 is 16.3. The number of nitriles is 2. The van der Waals surface area contributed by atoms with Gasteiger partial charge in [-0.25, -0.2) is 0 Å². The van der Waals surface area contributed by atoms with Crippen molar-refractivity contribution in [3.8, 4) is 68.3 Å². The van der Waals surface area contributed by atoms with Crippen LogP contribution in [0.15, 0.2) is 259 Å². The molecule has 0 atom stereocenters. The van der Waals surface area contributed by atoms with E-state index in [4.69, 9.17) is 4.42 Å². The Morgan fingerprint density at radius 1 is 0.271 bits per heavy atom. The molecule has 0 aliphatic heterocycles. The van der Waals surface area contributed by atoms with Crippen molar-refractivity contribution in [2.24, 2.45) is 0 Å². The van der Waals surface area contributed by atoms with Crippen LogP contribution in [0, 0.1) is 22.7 Å². The molecule has 0 unspecified atom stereocenters. The van der Waals surface area contributed by atoms with E-state index >= 15 is 0 Å². The maximum absolute atomic E-state index is 13.1. The maximum atomic E-state index is 13.1. The summed E-state index contributed by atoms with van der Waals surface area (Å²) in [5.41, 5.74) is 18.6. The number of fused-ring (bicyclic) bond motifs is 19. The number of hydrogen-bond acceptors (Lipinski definition) is 3. The molecule has 1 aliphatic rings. The lowest BCUT2D eigenvalue weighted by molar-refractivity contribution is 0.671. The van der Waals surface area contributed by atoms with E-state index in [9.17, 15) is 10.5 Å². The third-order valence-electron chi connectivity index (χ3n) is 18.4. The average Bonchev–Trinajstić information content (AvgIpc) is 1.73. The molecule has 0 saturated carbocycles. The van der Waals surface area contributed by atoms with Gasteiger partial charge in [-0.05, 0) is 98.8 Å². The second-order valence-corrected chi connectivity index (χ2v) is 22.4. The van der Waals surface area contributed by atoms with Gasteiger partial charge in [-0.3, -0.25) is 0 Å². The second kappa shape index (κ2) is 16.8. The summed E-state index contributed by atoms with van der Waals surface area (Å²) in [4.78, 5) is 0. The maximum Gasteiger partial charge on any atom is 0.160 e. The van der Waals surface area contributed by atoms with Crippen molar-refractivity contribution in [2.75, 3.05) is 0 Å². The van der Waals surface area contributed by atoms with Crippen molar-refractivity contribution >= 4 is 120 Å². The van der Waals surface area contributed by atoms with Crippen molar-refractivity contribution in [2.45, 2.75) is 0 Å². The Morgan fingerprint density at radius 3 is 1.13 bits per heavy atom. The number of furan rings is 1. The van der Waals surface area contributed by atoms with E-state index in [1.807, 2.05) is 12.1 Å². The van der Waals surface area contributed by atoms with Crippen molar-refractivity contribution in [1.29, 1.82) is 10.5 Å². The molecule has 1 aliphatic carbocycles. The zero-order chi connectivity index (χ0) is 55.8. The molecular weight excluding hydrogens is 1040 g/mol. The fraction of sp³-hybridized carbons (Fsp3) is 0. The van der Waals surface area contributed by atoms with Crippen LogP contribution in [0.25, 0.3) is 176 Å². The zero-order valence-electron chi connectivity index (χ0n) is 45.3. The quantitative estimate of drug-likeness (QED) is 0.172. The lowest BCUT2D eigenvalue weighted by atomic mass is 9.94. The second-order valence-electron chi connectivity index (χ2n) is 22.4. The van der Waals surface area contributed by atoms with Gasteiger partial charge in [0.05, 0.1) is 66.9 Å². The van der Waals surface area contributed by atoms with E-state index < -0.39 is 0 Å². The summed E-state index contributed by atoms with van der Waals surface area (Å²) in [6.45, 7) is 0. The summed E-state index contributed by atoms with van der Waals surface area (Å²) in [6, 6.07) is 95.9. The standard InChI is InChI=1S/C78H42N6O/c79-43-62-73(81-64-29-10-3-20-49(64)50-21-4-11-30-65(50)81)74(82-66-31-12-5-22-51(66)52-23-6-13-32-67(52)82)63(44-80)76(75(62)83-68-33-14-7-24-53(68)54-25-8-15-34-69(54)83)84-70-42-45(46-38-39-59-48-19-2-1-18-47(48)58-28-17-27-57(46)72(58)59)36-37-55(70)60-40-41-61-56-26-9-16-35-71(56)85-78(61)77(60)84/h1-42H. The van der Waals surface area contributed by atoms with Gasteiger partial charge in [0, 0.05) is 53.9 Å². The molecule has 85 heavy (non-hydrogen) atoms. The minimum atomic E-state index is 0.375. The summed E-state index contributed by atoms with van der Waals surface area (Å²) in [6.07, 6.45) is 0. The van der Waals surface area contributed by atoms with E-state index in [-0.39, 0.29) is 0 Å². The molecule has 5 aromatic heterocycles. The first-order valence-corrected chi connectivity index (χ1v) is 28.7. The van der Waals surface area contributed by atoms with Gasteiger partial charge in [-0.1, -0.05) is 200 Å². The monoisotopic (exact) mass is 1080 g/mol. The first kappa shape index (κ1) is 45.8. The molecule has 5 heterocycles. The highest BCUT2D eigenvalue weighted by molar-refractivity contribution is 6.24. The molecule has 19 rings (SSSR count). The third kappa shape index (κ3) is 5.90. The van der Waals surface area contributed by atoms with E-state index in [0.717, 1.165) is 120 Å². The molecule has 0 fully saturated rings. The van der Waals surface area contributed by atoms with Gasteiger partial charge < -0.3 is 22.7 Å². The third-order valence-corrected chi connectivity index (χ3v) is 18.4. The molecule has 7 heteroatoms. The summed E-state index contributed by atoms with van der Waals surface area (Å²) in [7, 11) is 0. The van der Waals surface area contributed by atoms with Crippen LogP contribution < -0.4 is 0 Å². The topological polar surface area (TPSA) is 80.4 Å². The average molecular weight is 1080 g/mol. The fourth-order valence-corrected chi connectivity index (χ4v) is 15.0. The largest absolute Gasteiger partial charge is 0.454 e. The van der Waals surface area contributed by atoms with Crippen LogP contribution in [0.5, 0.6) is 0 Å². The van der Waals surface area contributed by atoms with Crippen molar-refractivity contribution in [3.63, 3.8) is 0 Å². The smallest absolute Gasteiger partial charge is 0.160 e. The number of nitrogens with zero attached hydrogens (tertiary/aromatic N) is 6. The molecule has 13 aromatic carbocycles. The van der Waals surface area contributed by atoms with Gasteiger partial charge in [0.15, 0.2) is 5.58 Å². The van der Waals surface area contributed by atoms with Gasteiger partial charge in [0.25, 0.3) is 0 Å². The summed E-state index contributed by atoms with van der Waals surface area (Å²) in [5.74, 6) is 0. The highest BCUT2D eigenvalue weighted by atomic mass is 16.3. The SMILES string of the molecule is N#Cc1c(-n2c3ccccc3c3ccccc32)c(-n2c3ccccc3c3ccccc32)c(C#N)c(-n2c3cc(-c4ccc5c6c(cccc46)-c4ccccc4-5)ccc3c3ccc4c5ccccc5oc4c32)c1-n1c2ccccc2c2ccccc21. The van der Waals surface area contributed by atoms with Gasteiger partial charge >= 0.3 is 0 Å². The van der Waals surface area contributed by atoms with Gasteiger partial charge in [0.2, 0.25) is 0 Å². The van der Waals surface area contributed by atoms with E-state index in [2.05, 4.69) is 273 Å². The first-order chi connectivity index (χ1) is 42.2. The van der Waals surface area contributed by atoms with Crippen LogP contribution in [-0.4, -0.2) is 18.3 Å². The Hall–Kier alpha value is -11.9. The highest BCUT2D eigenvalue weighted by Gasteiger charge is 2.35. The zero-order valence-corrected chi connectivity index (χ0v) is 45.3. The van der Waals surface area contributed by atoms with Crippen LogP contribution >= 0.6 is 0 Å². The molecular formula is C78H42N6O. The Labute approximate surface area is 484 Å². The minimum Gasteiger partial charge on any atom is -0.454 e. The molecule has 0 saturated heterocycles. The highest BCUT2D eigenvalue weighted by Crippen LogP contribution is 2.53. The van der Waals surface area contributed by atoms with Crippen LogP contribution in [0.3, 0.4) is 0 Å². The molecule has 0 amide bonds. The van der Waals surface area contributed by atoms with Gasteiger partial charge in [-0.2, -0.15) is 10.5 Å². The van der Waals surface area contributed by atoms with Crippen LogP contribution in [-0.2, 0) is 0 Å². The lowest BCUT2D eigenvalue weighted by Crippen LogP contribution is -2.16. The first-order valence-electron chi connectivity index (χ1n) is 28.7. The molecule has 18 aromatic rings. The van der Waals surface area contributed by atoms with E-state index in [0.29, 0.717) is 39.5 Å². The van der Waals surface area contributed by atoms with Crippen molar-refractivity contribution < 1.29 is 4.42 Å². The number of para-hydroxylation sites is 7. The van der Waals surface area contributed by atoms with Gasteiger partial charge in [-0.15, -0.1) is 0 Å². The van der Waals surface area contributed by atoms with Crippen molar-refractivity contribution in [3.05, 3.63) is 266 Å². The molecule has 0 N–H and O–H groups in total. The molecule has 7 nitrogen and oxygen atoms in total. The van der Waals surface area contributed by atoms with Crippen LogP contribution in [0.4, 0.5) is 0 Å². The predicted molar refractivity (Wildman–Crippen MR) is 348 cm³/mol. The number of rotatable bonds is 5. The van der Waals surface area contributed by atoms with Gasteiger partial charge in [0.1, 0.15) is 28.8 Å². The Bertz CT molecular complexity index is 5950. The summed E-state index contributed by atoms with van der Waals surface area (Å²) >= 11 is 0. The Morgan fingerprint density at radius 2 is 0.635 bits per heavy atom. The minimum absolute atomic E-state index is 0.375. The normalized spacial score (nSPS) is 12.2. The summed E-state index contributed by atoms with van der Waals surface area (Å²) in [5, 5.41) is 38.4. The molecule has 390 valence electrons. The lowest BCUT2D eigenvalue weighted by Gasteiger charge is -2.27. The molecule has 0 bridgehead atoms. The van der Waals surface area contributed by atoms with Crippen molar-refractivity contribution in [1.82, 2.24) is 18.3 Å². The number of aromatic nitrogens is 4. The fourth-order valence-electron chi connectivity index (χ4n) is 15.0. The Kier molecular flexibility index (Phi) is 9.07. The van der Waals surface area contributed by atoms with E-state index in [1.54, 1.807) is 0 Å². The Balaban J connectivity index is 1.08. The number of hydrogen-bond donors (Lipinski definition) is 0. The molecule has 0 radical (unpaired) electrons. The predicted octanol–water partition coefficient (Wildman–Crippen LogP) is 20.2.